The van der Waals surface area contributed by atoms with Crippen molar-refractivity contribution >= 4 is 22.5 Å². The summed E-state index contributed by atoms with van der Waals surface area (Å²) in [5.41, 5.74) is 1.14. The second-order valence-electron chi connectivity index (χ2n) is 6.46. The third-order valence-electron chi connectivity index (χ3n) is 4.33. The number of carbonyl (C=O) groups is 1. The molecule has 0 saturated heterocycles. The molecule has 7 nitrogen and oxygen atoms in total. The monoisotopic (exact) mass is 380 g/mol. The summed E-state index contributed by atoms with van der Waals surface area (Å²) in [5, 5.41) is 11.1. The Morgan fingerprint density at radius 2 is 1.82 bits per heavy atom. The number of nitrogens with one attached hydrogen (secondary N) is 2. The zero-order chi connectivity index (χ0) is 19.9. The van der Waals surface area contributed by atoms with E-state index in [1.165, 1.54) is 4.68 Å². The van der Waals surface area contributed by atoms with E-state index in [1.54, 1.807) is 25.2 Å². The average Bonchev–Trinajstić information content (AvgIpc) is 2.71. The van der Waals surface area contributed by atoms with Gasteiger partial charge in [-0.2, -0.15) is 5.10 Å². The van der Waals surface area contributed by atoms with Gasteiger partial charge < -0.3 is 15.4 Å². The van der Waals surface area contributed by atoms with Gasteiger partial charge in [0.25, 0.3) is 5.56 Å². The first-order valence-corrected chi connectivity index (χ1v) is 9.31. The van der Waals surface area contributed by atoms with Gasteiger partial charge in [-0.3, -0.25) is 4.79 Å². The van der Waals surface area contributed by atoms with Crippen molar-refractivity contribution in [3.63, 3.8) is 0 Å². The number of rotatable bonds is 7. The van der Waals surface area contributed by atoms with Gasteiger partial charge in [0, 0.05) is 18.1 Å². The number of amides is 2. The zero-order valence-electron chi connectivity index (χ0n) is 16.1. The molecule has 0 aliphatic rings. The Labute approximate surface area is 163 Å². The number of benzene rings is 2. The van der Waals surface area contributed by atoms with E-state index in [2.05, 4.69) is 22.7 Å². The second-order valence-corrected chi connectivity index (χ2v) is 6.46. The lowest BCUT2D eigenvalue weighted by molar-refractivity contribution is 0.251. The largest absolute Gasteiger partial charge is 0.494 e. The Morgan fingerprint density at radius 1 is 1.11 bits per heavy atom. The number of urea groups is 1. The molecule has 3 rings (SSSR count). The van der Waals surface area contributed by atoms with Crippen molar-refractivity contribution in [1.29, 1.82) is 0 Å². The Morgan fingerprint density at radius 3 is 2.54 bits per heavy atom. The SMILES string of the molecule is CCCCOc1ccc(NC(=O)NCc2nn(C)c(=O)c3ccccc23)cc1. The molecule has 1 aromatic heterocycles. The van der Waals surface area contributed by atoms with Crippen LogP contribution >= 0.6 is 0 Å². The maximum atomic E-state index is 12.2. The Kier molecular flexibility index (Phi) is 6.26. The first-order valence-electron chi connectivity index (χ1n) is 9.31. The van der Waals surface area contributed by atoms with Crippen LogP contribution in [0.25, 0.3) is 10.8 Å². The molecule has 0 aliphatic carbocycles. The topological polar surface area (TPSA) is 85.2 Å². The van der Waals surface area contributed by atoms with Gasteiger partial charge in [0.15, 0.2) is 0 Å². The molecule has 2 aromatic carbocycles. The molecule has 7 heteroatoms. The highest BCUT2D eigenvalue weighted by Gasteiger charge is 2.10. The maximum Gasteiger partial charge on any atom is 0.319 e. The van der Waals surface area contributed by atoms with Gasteiger partial charge >= 0.3 is 6.03 Å². The second kappa shape index (κ2) is 9.03. The maximum absolute atomic E-state index is 12.2. The molecular weight excluding hydrogens is 356 g/mol. The fourth-order valence-corrected chi connectivity index (χ4v) is 2.81. The highest BCUT2D eigenvalue weighted by molar-refractivity contribution is 5.90. The molecule has 146 valence electrons. The van der Waals surface area contributed by atoms with E-state index in [1.807, 2.05) is 30.3 Å². The van der Waals surface area contributed by atoms with Crippen LogP contribution in [0.1, 0.15) is 25.5 Å². The summed E-state index contributed by atoms with van der Waals surface area (Å²) in [7, 11) is 1.60. The van der Waals surface area contributed by atoms with Gasteiger partial charge in [0.05, 0.1) is 24.2 Å². The van der Waals surface area contributed by atoms with Crippen molar-refractivity contribution in [3.8, 4) is 5.75 Å². The lowest BCUT2D eigenvalue weighted by Gasteiger charge is -2.11. The van der Waals surface area contributed by atoms with Crippen LogP contribution in [0, 0.1) is 0 Å². The Hall–Kier alpha value is -3.35. The molecule has 0 fully saturated rings. The fourth-order valence-electron chi connectivity index (χ4n) is 2.81. The van der Waals surface area contributed by atoms with Crippen LogP contribution in [0.3, 0.4) is 0 Å². The number of fused-ring (bicyclic) bond motifs is 1. The van der Waals surface area contributed by atoms with Gasteiger partial charge in [-0.05, 0) is 36.8 Å². The van der Waals surface area contributed by atoms with Crippen LogP contribution < -0.4 is 20.9 Å². The number of carbonyl (C=O) groups excluding carboxylic acids is 1. The number of unbranched alkanes of at least 4 members (excludes halogenated alkanes) is 1. The van der Waals surface area contributed by atoms with Crippen molar-refractivity contribution in [2.24, 2.45) is 7.05 Å². The molecule has 0 spiro atoms. The molecule has 2 amide bonds. The van der Waals surface area contributed by atoms with E-state index >= 15 is 0 Å². The van der Waals surface area contributed by atoms with Crippen molar-refractivity contribution < 1.29 is 9.53 Å². The predicted molar refractivity (Wildman–Crippen MR) is 110 cm³/mol. The molecule has 0 radical (unpaired) electrons. The third-order valence-corrected chi connectivity index (χ3v) is 4.33. The number of aromatic nitrogens is 2. The first kappa shape index (κ1) is 19.4. The average molecular weight is 380 g/mol. The summed E-state index contributed by atoms with van der Waals surface area (Å²) in [6.45, 7) is 3.01. The van der Waals surface area contributed by atoms with Crippen molar-refractivity contribution in [3.05, 3.63) is 64.6 Å². The van der Waals surface area contributed by atoms with Crippen molar-refractivity contribution in [1.82, 2.24) is 15.1 Å². The molecule has 0 aliphatic heterocycles. The fraction of sp³-hybridized carbons (Fsp3) is 0.286. The van der Waals surface area contributed by atoms with E-state index in [0.717, 1.165) is 24.0 Å². The Balaban J connectivity index is 1.61. The highest BCUT2D eigenvalue weighted by atomic mass is 16.5. The number of ether oxygens (including phenoxy) is 1. The smallest absolute Gasteiger partial charge is 0.319 e. The minimum Gasteiger partial charge on any atom is -0.494 e. The molecule has 0 bridgehead atoms. The van der Waals surface area contributed by atoms with Crippen LogP contribution in [-0.2, 0) is 13.6 Å². The summed E-state index contributed by atoms with van der Waals surface area (Å²) in [6.07, 6.45) is 2.09. The van der Waals surface area contributed by atoms with Crippen molar-refractivity contribution in [2.75, 3.05) is 11.9 Å². The molecular formula is C21H24N4O3. The summed E-state index contributed by atoms with van der Waals surface area (Å²) in [5.74, 6) is 0.778. The predicted octanol–water partition coefficient (Wildman–Crippen LogP) is 3.43. The van der Waals surface area contributed by atoms with Crippen molar-refractivity contribution in [2.45, 2.75) is 26.3 Å². The molecule has 0 saturated carbocycles. The normalized spacial score (nSPS) is 10.6. The molecule has 0 atom stereocenters. The van der Waals surface area contributed by atoms with Gasteiger partial charge in [0.1, 0.15) is 5.75 Å². The van der Waals surface area contributed by atoms with Gasteiger partial charge in [-0.1, -0.05) is 31.5 Å². The number of hydrogen-bond acceptors (Lipinski definition) is 4. The van der Waals surface area contributed by atoms with E-state index in [4.69, 9.17) is 4.74 Å². The number of hydrogen-bond donors (Lipinski definition) is 2. The highest BCUT2D eigenvalue weighted by Crippen LogP contribution is 2.16. The summed E-state index contributed by atoms with van der Waals surface area (Å²) >= 11 is 0. The number of aryl methyl sites for hydroxylation is 1. The molecule has 3 aromatic rings. The zero-order valence-corrected chi connectivity index (χ0v) is 16.1. The molecule has 28 heavy (non-hydrogen) atoms. The van der Waals surface area contributed by atoms with E-state index in [-0.39, 0.29) is 18.1 Å². The molecule has 0 unspecified atom stereocenters. The first-order chi connectivity index (χ1) is 13.6. The lowest BCUT2D eigenvalue weighted by atomic mass is 10.1. The lowest BCUT2D eigenvalue weighted by Crippen LogP contribution is -2.30. The molecule has 2 N–H and O–H groups in total. The minimum atomic E-state index is -0.348. The van der Waals surface area contributed by atoms with E-state index < -0.39 is 0 Å². The third kappa shape index (κ3) is 4.68. The van der Waals surface area contributed by atoms with E-state index in [0.29, 0.717) is 23.4 Å². The quantitative estimate of drug-likeness (QED) is 0.615. The Bertz CT molecular complexity index is 1010. The summed E-state index contributed by atoms with van der Waals surface area (Å²) in [6, 6.07) is 14.1. The number of anilines is 1. The van der Waals surface area contributed by atoms with Gasteiger partial charge in [0.2, 0.25) is 0 Å². The summed E-state index contributed by atoms with van der Waals surface area (Å²) in [4.78, 5) is 24.4. The minimum absolute atomic E-state index is 0.162. The van der Waals surface area contributed by atoms with Crippen LogP contribution in [0.15, 0.2) is 53.3 Å². The van der Waals surface area contributed by atoms with Crippen LogP contribution in [0.2, 0.25) is 0 Å². The summed E-state index contributed by atoms with van der Waals surface area (Å²) < 4.78 is 6.90. The van der Waals surface area contributed by atoms with E-state index in [9.17, 15) is 9.59 Å². The van der Waals surface area contributed by atoms with Crippen LogP contribution in [-0.4, -0.2) is 22.4 Å². The van der Waals surface area contributed by atoms with Gasteiger partial charge in [-0.15, -0.1) is 0 Å². The van der Waals surface area contributed by atoms with Gasteiger partial charge in [-0.25, -0.2) is 9.48 Å². The number of nitrogens with zero attached hydrogens (tertiary/aromatic N) is 2. The van der Waals surface area contributed by atoms with Crippen LogP contribution in [0.4, 0.5) is 10.5 Å². The standard InChI is InChI=1S/C21H24N4O3/c1-3-4-13-28-16-11-9-15(10-12-16)23-21(27)22-14-19-17-7-5-6-8-18(17)20(26)25(2)24-19/h5-12H,3-4,13-14H2,1-2H3,(H2,22,23,27). The molecule has 1 heterocycles. The van der Waals surface area contributed by atoms with Crippen LogP contribution in [0.5, 0.6) is 5.75 Å².